The van der Waals surface area contributed by atoms with Gasteiger partial charge in [-0.1, -0.05) is 39.0 Å². The van der Waals surface area contributed by atoms with Crippen LogP contribution in [0.15, 0.2) is 65.2 Å². The summed E-state index contributed by atoms with van der Waals surface area (Å²) in [4.78, 5) is 25.7. The van der Waals surface area contributed by atoms with Crippen LogP contribution in [-0.2, 0) is 6.42 Å². The third-order valence-electron chi connectivity index (χ3n) is 6.00. The minimum Gasteiger partial charge on any atom is -0.455 e. The smallest absolute Gasteiger partial charge is 0.255 e. The SMILES string of the molecule is CNC(=O)c1c(-c2ccc(F)cc2)oc(=C2\C=CNC2)/c1=C\Cc1cccc(C(=O)NCC(C)(C)C)c1. The van der Waals surface area contributed by atoms with Gasteiger partial charge in [0.05, 0.1) is 5.56 Å². The van der Waals surface area contributed by atoms with Gasteiger partial charge in [0.15, 0.2) is 0 Å². The molecule has 6 nitrogen and oxygen atoms in total. The third kappa shape index (κ3) is 6.17. The summed E-state index contributed by atoms with van der Waals surface area (Å²) in [5, 5.41) is 9.49. The highest BCUT2D eigenvalue weighted by molar-refractivity contribution is 6.00. The van der Waals surface area contributed by atoms with Gasteiger partial charge in [-0.2, -0.15) is 0 Å². The first kappa shape index (κ1) is 25.9. The van der Waals surface area contributed by atoms with Gasteiger partial charge in [-0.15, -0.1) is 0 Å². The Morgan fingerprint density at radius 3 is 2.51 bits per heavy atom. The normalized spacial score (nSPS) is 15.0. The van der Waals surface area contributed by atoms with E-state index in [1.807, 2.05) is 36.6 Å². The molecule has 3 N–H and O–H groups in total. The minimum absolute atomic E-state index is 0.0155. The van der Waals surface area contributed by atoms with Gasteiger partial charge < -0.3 is 20.4 Å². The second kappa shape index (κ2) is 10.9. The number of halogens is 1. The van der Waals surface area contributed by atoms with Gasteiger partial charge in [0.1, 0.15) is 17.0 Å². The van der Waals surface area contributed by atoms with Crippen molar-refractivity contribution >= 4 is 23.5 Å². The van der Waals surface area contributed by atoms with Gasteiger partial charge in [0, 0.05) is 42.1 Å². The zero-order chi connectivity index (χ0) is 26.6. The van der Waals surface area contributed by atoms with Crippen LogP contribution in [0, 0.1) is 11.2 Å². The molecule has 1 aliphatic rings. The molecule has 2 amide bonds. The van der Waals surface area contributed by atoms with Gasteiger partial charge >= 0.3 is 0 Å². The Kier molecular flexibility index (Phi) is 7.62. The number of hydrogen-bond donors (Lipinski definition) is 3. The van der Waals surface area contributed by atoms with E-state index in [-0.39, 0.29) is 23.0 Å². The van der Waals surface area contributed by atoms with Crippen molar-refractivity contribution in [3.63, 3.8) is 0 Å². The van der Waals surface area contributed by atoms with Gasteiger partial charge in [-0.05, 0) is 66.1 Å². The molecule has 1 aromatic heterocycles. The highest BCUT2D eigenvalue weighted by Crippen LogP contribution is 2.22. The molecular formula is C30H32FN3O3. The van der Waals surface area contributed by atoms with Crippen LogP contribution in [-0.4, -0.2) is 32.0 Å². The van der Waals surface area contributed by atoms with Crippen molar-refractivity contribution in [2.24, 2.45) is 5.41 Å². The average Bonchev–Trinajstić information content (AvgIpc) is 3.54. The quantitative estimate of drug-likeness (QED) is 0.483. The van der Waals surface area contributed by atoms with Crippen molar-refractivity contribution in [3.05, 3.63) is 93.9 Å². The lowest BCUT2D eigenvalue weighted by atomic mass is 9.97. The van der Waals surface area contributed by atoms with Crippen LogP contribution in [0.3, 0.4) is 0 Å². The monoisotopic (exact) mass is 501 g/mol. The van der Waals surface area contributed by atoms with Crippen molar-refractivity contribution in [1.29, 1.82) is 0 Å². The number of hydrogen-bond acceptors (Lipinski definition) is 4. The van der Waals surface area contributed by atoms with Crippen molar-refractivity contribution < 1.29 is 18.4 Å². The molecule has 0 fully saturated rings. The van der Waals surface area contributed by atoms with Crippen LogP contribution in [0.25, 0.3) is 23.0 Å². The largest absolute Gasteiger partial charge is 0.455 e. The second-order valence-electron chi connectivity index (χ2n) is 10.2. The number of amides is 2. The standard InChI is InChI=1S/C30H32FN3O3/c1-30(2,3)18-34-28(35)21-7-5-6-19(16-21)8-13-24-25(29(36)32-4)27(20-9-11-23(31)12-10-20)37-26(24)22-14-15-33-17-22/h5-7,9-16,33H,8,17-18H2,1-4H3,(H,32,36)(H,34,35)/b24-13-,26-22+. The van der Waals surface area contributed by atoms with E-state index in [0.29, 0.717) is 52.6 Å². The van der Waals surface area contributed by atoms with E-state index in [0.717, 1.165) is 11.1 Å². The lowest BCUT2D eigenvalue weighted by molar-refractivity contribution is 0.0937. The van der Waals surface area contributed by atoms with Crippen molar-refractivity contribution in [1.82, 2.24) is 16.0 Å². The Bertz CT molecular complexity index is 1460. The van der Waals surface area contributed by atoms with Crippen LogP contribution in [0.5, 0.6) is 0 Å². The van der Waals surface area contributed by atoms with E-state index in [9.17, 15) is 14.0 Å². The van der Waals surface area contributed by atoms with Crippen LogP contribution in [0.4, 0.5) is 4.39 Å². The van der Waals surface area contributed by atoms with E-state index in [4.69, 9.17) is 4.42 Å². The molecule has 2 aromatic carbocycles. The van der Waals surface area contributed by atoms with E-state index in [1.165, 1.54) is 12.1 Å². The number of rotatable bonds is 6. The summed E-state index contributed by atoms with van der Waals surface area (Å²) in [6, 6.07) is 13.3. The van der Waals surface area contributed by atoms with Crippen molar-refractivity contribution in [2.75, 3.05) is 20.1 Å². The summed E-state index contributed by atoms with van der Waals surface area (Å²) in [5.41, 5.74) is 3.96. The maximum atomic E-state index is 13.6. The third-order valence-corrected chi connectivity index (χ3v) is 6.00. The topological polar surface area (TPSA) is 83.4 Å². The maximum Gasteiger partial charge on any atom is 0.255 e. The Balaban J connectivity index is 1.79. The molecule has 3 aromatic rings. The summed E-state index contributed by atoms with van der Waals surface area (Å²) >= 11 is 0. The molecule has 0 radical (unpaired) electrons. The van der Waals surface area contributed by atoms with E-state index < -0.39 is 0 Å². The first-order valence-electron chi connectivity index (χ1n) is 12.3. The summed E-state index contributed by atoms with van der Waals surface area (Å²) in [5.74, 6) is -0.411. The van der Waals surface area contributed by atoms with Crippen molar-refractivity contribution in [3.8, 4) is 11.3 Å². The van der Waals surface area contributed by atoms with Gasteiger partial charge in [-0.25, -0.2) is 4.39 Å². The molecule has 4 rings (SSSR count). The molecule has 37 heavy (non-hydrogen) atoms. The lowest BCUT2D eigenvalue weighted by Gasteiger charge is -2.18. The molecule has 192 valence electrons. The number of carbonyl (C=O) groups excluding carboxylic acids is 2. The number of furan rings is 1. The molecular weight excluding hydrogens is 469 g/mol. The number of nitrogens with one attached hydrogen (secondary N) is 3. The first-order valence-corrected chi connectivity index (χ1v) is 12.3. The summed E-state index contributed by atoms with van der Waals surface area (Å²) in [6.07, 6.45) is 6.17. The predicted octanol–water partition coefficient (Wildman–Crippen LogP) is 3.51. The molecule has 0 unspecified atom stereocenters. The molecule has 0 saturated heterocycles. The fraction of sp³-hybridized carbons (Fsp3) is 0.267. The highest BCUT2D eigenvalue weighted by Gasteiger charge is 2.21. The molecule has 2 heterocycles. The van der Waals surface area contributed by atoms with E-state index in [2.05, 4.69) is 36.7 Å². The van der Waals surface area contributed by atoms with Gasteiger partial charge in [-0.3, -0.25) is 9.59 Å². The van der Waals surface area contributed by atoms with Crippen LogP contribution in [0.2, 0.25) is 0 Å². The molecule has 7 heteroatoms. The average molecular weight is 502 g/mol. The van der Waals surface area contributed by atoms with Crippen LogP contribution >= 0.6 is 0 Å². The molecule has 0 saturated carbocycles. The molecule has 0 atom stereocenters. The van der Waals surface area contributed by atoms with Gasteiger partial charge in [0.2, 0.25) is 0 Å². The van der Waals surface area contributed by atoms with E-state index >= 15 is 0 Å². The van der Waals surface area contributed by atoms with Crippen LogP contribution < -0.4 is 26.6 Å². The number of carbonyl (C=O) groups is 2. The molecule has 0 spiro atoms. The summed E-state index contributed by atoms with van der Waals surface area (Å²) < 4.78 is 19.9. The predicted molar refractivity (Wildman–Crippen MR) is 144 cm³/mol. The Morgan fingerprint density at radius 1 is 1.11 bits per heavy atom. The van der Waals surface area contributed by atoms with E-state index in [1.54, 1.807) is 25.2 Å². The fourth-order valence-corrected chi connectivity index (χ4v) is 4.08. The molecule has 0 bridgehead atoms. The Hall–Kier alpha value is -4.13. The molecule has 1 aliphatic heterocycles. The van der Waals surface area contributed by atoms with Crippen LogP contribution in [0.1, 0.15) is 47.1 Å². The van der Waals surface area contributed by atoms with Gasteiger partial charge in [0.25, 0.3) is 11.8 Å². The fourth-order valence-electron chi connectivity index (χ4n) is 4.08. The highest BCUT2D eigenvalue weighted by atomic mass is 19.1. The number of benzene rings is 2. The first-order chi connectivity index (χ1) is 17.7. The Morgan fingerprint density at radius 2 is 1.86 bits per heavy atom. The molecule has 0 aliphatic carbocycles. The lowest BCUT2D eigenvalue weighted by Crippen LogP contribution is -2.32. The zero-order valence-electron chi connectivity index (χ0n) is 21.6. The minimum atomic E-state index is -0.368. The summed E-state index contributed by atoms with van der Waals surface area (Å²) in [6.45, 7) is 7.34. The van der Waals surface area contributed by atoms with Crippen molar-refractivity contribution in [2.45, 2.75) is 27.2 Å². The maximum absolute atomic E-state index is 13.6. The second-order valence-corrected chi connectivity index (χ2v) is 10.2. The summed E-state index contributed by atoms with van der Waals surface area (Å²) in [7, 11) is 1.57. The zero-order valence-corrected chi connectivity index (χ0v) is 21.6. The Labute approximate surface area is 216 Å².